The highest BCUT2D eigenvalue weighted by molar-refractivity contribution is 8.00. The molecule has 0 aromatic carbocycles. The molecular weight excluding hydrogens is 486 g/mol. The molecule has 2 aliphatic heterocycles. The average molecular weight is 516 g/mol. The summed E-state index contributed by atoms with van der Waals surface area (Å²) in [5.41, 5.74) is 0.0439. The summed E-state index contributed by atoms with van der Waals surface area (Å²) in [4.78, 5) is 45.6. The second-order valence-corrected chi connectivity index (χ2v) is 12.5. The Kier molecular flexibility index (Phi) is 5.87. The first-order chi connectivity index (χ1) is 16.9. The highest BCUT2D eigenvalue weighted by atomic mass is 35.5. The Morgan fingerprint density at radius 2 is 1.97 bits per heavy atom. The van der Waals surface area contributed by atoms with E-state index in [-0.39, 0.29) is 50.7 Å². The zero-order chi connectivity index (χ0) is 24.3. The van der Waals surface area contributed by atoms with Gasteiger partial charge in [-0.1, -0.05) is 23.7 Å². The molecule has 6 unspecified atom stereocenters. The van der Waals surface area contributed by atoms with Gasteiger partial charge < -0.3 is 15.0 Å². The van der Waals surface area contributed by atoms with E-state index < -0.39 is 5.92 Å². The third-order valence-corrected chi connectivity index (χ3v) is 10.5. The van der Waals surface area contributed by atoms with E-state index >= 15 is 0 Å². The number of aromatic nitrogens is 1. The SMILES string of the molecule is CCOC(=O)C1C=CN(C(=O)c2cccc(Cl)n2)C2SC(NC(=O)C34CC5CC(CC3C5)C4)CC12. The van der Waals surface area contributed by atoms with Crippen LogP contribution in [0.25, 0.3) is 0 Å². The quantitative estimate of drug-likeness (QED) is 0.466. The van der Waals surface area contributed by atoms with Gasteiger partial charge in [0.25, 0.3) is 5.91 Å². The van der Waals surface area contributed by atoms with E-state index in [9.17, 15) is 14.4 Å². The molecule has 4 saturated carbocycles. The predicted molar refractivity (Wildman–Crippen MR) is 132 cm³/mol. The number of carbonyl (C=O) groups is 3. The number of amides is 2. The first kappa shape index (κ1) is 23.3. The molecule has 35 heavy (non-hydrogen) atoms. The molecule has 1 N–H and O–H groups in total. The van der Waals surface area contributed by atoms with Gasteiger partial charge >= 0.3 is 5.97 Å². The lowest BCUT2D eigenvalue weighted by atomic mass is 9.75. The van der Waals surface area contributed by atoms with E-state index in [4.69, 9.17) is 16.3 Å². The van der Waals surface area contributed by atoms with E-state index in [1.54, 1.807) is 54.1 Å². The molecule has 1 aromatic rings. The number of fused-ring (bicyclic) bond motifs is 1. The van der Waals surface area contributed by atoms with Crippen molar-refractivity contribution in [1.82, 2.24) is 15.2 Å². The number of pyridine rings is 1. The Morgan fingerprint density at radius 1 is 1.20 bits per heavy atom. The van der Waals surface area contributed by atoms with E-state index in [0.717, 1.165) is 12.8 Å². The number of rotatable bonds is 5. The Bertz CT molecular complexity index is 1080. The summed E-state index contributed by atoms with van der Waals surface area (Å²) in [7, 11) is 0. The summed E-state index contributed by atoms with van der Waals surface area (Å²) in [6.45, 7) is 2.09. The summed E-state index contributed by atoms with van der Waals surface area (Å²) in [5, 5.41) is 3.14. The molecule has 7 rings (SSSR count). The summed E-state index contributed by atoms with van der Waals surface area (Å²) in [6, 6.07) is 4.96. The largest absolute Gasteiger partial charge is 0.466 e. The van der Waals surface area contributed by atoms with Gasteiger partial charge in [-0.2, -0.15) is 0 Å². The molecule has 1 saturated heterocycles. The van der Waals surface area contributed by atoms with Crippen molar-refractivity contribution in [1.29, 1.82) is 0 Å². The first-order valence-corrected chi connectivity index (χ1v) is 14.0. The second kappa shape index (κ2) is 8.80. The van der Waals surface area contributed by atoms with Crippen molar-refractivity contribution in [2.45, 2.75) is 56.2 Å². The Labute approximate surface area is 214 Å². The van der Waals surface area contributed by atoms with Crippen molar-refractivity contribution >= 4 is 41.1 Å². The van der Waals surface area contributed by atoms with E-state index in [2.05, 4.69) is 10.3 Å². The Morgan fingerprint density at radius 3 is 2.69 bits per heavy atom. The van der Waals surface area contributed by atoms with Crippen LogP contribution in [0.2, 0.25) is 5.15 Å². The van der Waals surface area contributed by atoms with Crippen LogP contribution in [-0.2, 0) is 14.3 Å². The highest BCUT2D eigenvalue weighted by Crippen LogP contribution is 2.65. The van der Waals surface area contributed by atoms with Gasteiger partial charge in [-0.15, -0.1) is 11.8 Å². The lowest BCUT2D eigenvalue weighted by Crippen LogP contribution is -2.45. The van der Waals surface area contributed by atoms with Gasteiger partial charge in [-0.05, 0) is 75.3 Å². The van der Waals surface area contributed by atoms with Crippen LogP contribution in [0.3, 0.4) is 0 Å². The third kappa shape index (κ3) is 3.88. The van der Waals surface area contributed by atoms with Crippen LogP contribution in [0, 0.1) is 35.0 Å². The zero-order valence-corrected chi connectivity index (χ0v) is 21.3. The maximum atomic E-state index is 13.6. The van der Waals surface area contributed by atoms with Crippen LogP contribution in [0.1, 0.15) is 55.9 Å². The van der Waals surface area contributed by atoms with Gasteiger partial charge in [0.1, 0.15) is 10.8 Å². The zero-order valence-electron chi connectivity index (χ0n) is 19.7. The fourth-order valence-electron chi connectivity index (χ4n) is 7.58. The van der Waals surface area contributed by atoms with Crippen LogP contribution >= 0.6 is 23.4 Å². The van der Waals surface area contributed by atoms with Crippen molar-refractivity contribution in [3.63, 3.8) is 0 Å². The molecule has 4 aliphatic carbocycles. The topological polar surface area (TPSA) is 88.6 Å². The average Bonchev–Trinajstić information content (AvgIpc) is 3.44. The number of hydrogen-bond donors (Lipinski definition) is 1. The monoisotopic (exact) mass is 515 g/mol. The van der Waals surface area contributed by atoms with Gasteiger partial charge in [0.15, 0.2) is 0 Å². The number of halogens is 1. The maximum absolute atomic E-state index is 13.6. The Hall–Kier alpha value is -2.06. The normalized spacial score (nSPS) is 38.5. The standard InChI is InChI=1S/C26H30ClN3O4S/c1-2-34-24(32)17-6-7-30(22(31)19-4-3-5-20(27)28-19)23-18(17)11-21(35-23)29-25(33)26-12-14-8-15(13-26)10-16(26)9-14/h3-7,14-18,21,23H,2,8-13H2,1H3,(H,29,33). The second-order valence-electron chi connectivity index (χ2n) is 10.8. The molecule has 0 spiro atoms. The molecule has 5 fully saturated rings. The molecule has 186 valence electrons. The van der Waals surface area contributed by atoms with Crippen LogP contribution in [0.4, 0.5) is 0 Å². The number of thioether (sulfide) groups is 1. The van der Waals surface area contributed by atoms with Gasteiger partial charge in [0, 0.05) is 12.1 Å². The van der Waals surface area contributed by atoms with Crippen molar-refractivity contribution in [3.05, 3.63) is 41.3 Å². The number of nitrogens with zero attached hydrogens (tertiary/aromatic N) is 2. The van der Waals surface area contributed by atoms with Crippen molar-refractivity contribution in [2.75, 3.05) is 6.61 Å². The fraction of sp³-hybridized carbons (Fsp3) is 0.615. The maximum Gasteiger partial charge on any atom is 0.313 e. The van der Waals surface area contributed by atoms with Crippen molar-refractivity contribution in [3.8, 4) is 0 Å². The number of ether oxygens (including phenoxy) is 1. The summed E-state index contributed by atoms with van der Waals surface area (Å²) in [5.74, 6) is 0.920. The molecular formula is C26H30ClN3O4S. The van der Waals surface area contributed by atoms with Gasteiger partial charge in [-0.3, -0.25) is 14.4 Å². The molecule has 1 aromatic heterocycles. The van der Waals surface area contributed by atoms with E-state index in [1.165, 1.54) is 19.3 Å². The molecule has 0 radical (unpaired) electrons. The minimum absolute atomic E-state index is 0.161. The van der Waals surface area contributed by atoms with Gasteiger partial charge in [-0.25, -0.2) is 4.98 Å². The molecule has 7 nitrogen and oxygen atoms in total. The highest BCUT2D eigenvalue weighted by Gasteiger charge is 2.62. The third-order valence-electron chi connectivity index (χ3n) is 8.81. The van der Waals surface area contributed by atoms with E-state index in [0.29, 0.717) is 30.8 Å². The smallest absolute Gasteiger partial charge is 0.313 e. The van der Waals surface area contributed by atoms with E-state index in [1.807, 2.05) is 0 Å². The van der Waals surface area contributed by atoms with Gasteiger partial charge in [0.05, 0.1) is 28.7 Å². The van der Waals surface area contributed by atoms with Crippen molar-refractivity contribution in [2.24, 2.45) is 35.0 Å². The summed E-state index contributed by atoms with van der Waals surface area (Å²) < 4.78 is 5.34. The molecule has 6 aliphatic rings. The van der Waals surface area contributed by atoms with Crippen LogP contribution in [0.15, 0.2) is 30.5 Å². The minimum atomic E-state index is -0.456. The van der Waals surface area contributed by atoms with Crippen LogP contribution in [-0.4, -0.2) is 45.0 Å². The van der Waals surface area contributed by atoms with Crippen molar-refractivity contribution < 1.29 is 19.1 Å². The summed E-state index contributed by atoms with van der Waals surface area (Å²) in [6.07, 6.45) is 9.73. The molecule has 2 amide bonds. The molecule has 6 atom stereocenters. The number of nitrogens with one attached hydrogen (secondary N) is 1. The predicted octanol–water partition coefficient (Wildman–Crippen LogP) is 4.23. The lowest BCUT2D eigenvalue weighted by Gasteiger charge is -2.35. The molecule has 9 heteroatoms. The number of carbonyl (C=O) groups excluding carboxylic acids is 3. The fourth-order valence-corrected chi connectivity index (χ4v) is 9.37. The summed E-state index contributed by atoms with van der Waals surface area (Å²) >= 11 is 7.58. The van der Waals surface area contributed by atoms with Crippen LogP contribution < -0.4 is 5.32 Å². The van der Waals surface area contributed by atoms with Gasteiger partial charge in [0.2, 0.25) is 5.91 Å². The molecule has 3 heterocycles. The lowest BCUT2D eigenvalue weighted by molar-refractivity contribution is -0.148. The first-order valence-electron chi connectivity index (χ1n) is 12.6. The molecule has 4 bridgehead atoms. The van der Waals surface area contributed by atoms with Crippen LogP contribution in [0.5, 0.6) is 0 Å². The number of hydrogen-bond acceptors (Lipinski definition) is 6. The minimum Gasteiger partial charge on any atom is -0.466 e. The number of esters is 1. The Balaban J connectivity index is 1.23.